The molecule has 0 fully saturated rings. The summed E-state index contributed by atoms with van der Waals surface area (Å²) in [6, 6.07) is 9.95. The minimum atomic E-state index is -0.0714. The summed E-state index contributed by atoms with van der Waals surface area (Å²) in [4.78, 5) is 22.8. The van der Waals surface area contributed by atoms with Crippen LogP contribution < -0.4 is 5.32 Å². The van der Waals surface area contributed by atoms with E-state index < -0.39 is 0 Å². The van der Waals surface area contributed by atoms with E-state index in [1.54, 1.807) is 15.9 Å². The largest absolute Gasteiger partial charge is 0.326 e. The molecule has 0 aliphatic rings. The van der Waals surface area contributed by atoms with Crippen LogP contribution in [0.5, 0.6) is 0 Å². The third-order valence-corrected chi connectivity index (χ3v) is 5.65. The molecule has 4 rings (SSSR count). The van der Waals surface area contributed by atoms with Gasteiger partial charge in [0, 0.05) is 22.6 Å². The van der Waals surface area contributed by atoms with Crippen LogP contribution in [-0.4, -0.2) is 25.5 Å². The Morgan fingerprint density at radius 2 is 1.96 bits per heavy atom. The average molecular weight is 392 g/mol. The second-order valence-electron chi connectivity index (χ2n) is 6.93. The first-order valence-electron chi connectivity index (χ1n) is 9.06. The maximum atomic E-state index is 12.7. The molecule has 1 aromatic carbocycles. The van der Waals surface area contributed by atoms with Crippen LogP contribution in [0.1, 0.15) is 28.1 Å². The number of anilines is 1. The lowest BCUT2D eigenvalue weighted by atomic mass is 10.1. The highest BCUT2D eigenvalue weighted by Crippen LogP contribution is 2.23. The predicted octanol–water partition coefficient (Wildman–Crippen LogP) is 4.27. The molecule has 0 saturated carbocycles. The van der Waals surface area contributed by atoms with Crippen molar-refractivity contribution in [3.05, 3.63) is 63.8 Å². The van der Waals surface area contributed by atoms with Gasteiger partial charge in [0.2, 0.25) is 5.91 Å². The van der Waals surface area contributed by atoms with Crippen molar-refractivity contribution in [3.63, 3.8) is 0 Å². The lowest BCUT2D eigenvalue weighted by Crippen LogP contribution is -2.18. The molecule has 0 spiro atoms. The van der Waals surface area contributed by atoms with Crippen molar-refractivity contribution in [3.8, 4) is 10.7 Å². The Kier molecular flexibility index (Phi) is 4.68. The Bertz CT molecular complexity index is 1180. The lowest BCUT2D eigenvalue weighted by Gasteiger charge is -2.12. The van der Waals surface area contributed by atoms with Crippen molar-refractivity contribution in [2.24, 2.45) is 0 Å². The number of rotatable bonds is 4. The van der Waals surface area contributed by atoms with Gasteiger partial charge in [-0.05, 0) is 50.8 Å². The molecule has 0 unspecified atom stereocenters. The number of aryl methyl sites for hydroxylation is 4. The number of hydrogen-bond donors (Lipinski definition) is 1. The van der Waals surface area contributed by atoms with Gasteiger partial charge in [-0.25, -0.2) is 9.50 Å². The van der Waals surface area contributed by atoms with Gasteiger partial charge >= 0.3 is 0 Å². The number of carbonyl (C=O) groups is 1. The number of amides is 1. The van der Waals surface area contributed by atoms with Crippen molar-refractivity contribution < 1.29 is 4.79 Å². The fourth-order valence-corrected chi connectivity index (χ4v) is 3.94. The summed E-state index contributed by atoms with van der Waals surface area (Å²) in [6.45, 7) is 7.89. The average Bonchev–Trinajstić information content (AvgIpc) is 3.30. The van der Waals surface area contributed by atoms with Crippen LogP contribution in [0, 0.1) is 27.7 Å². The Morgan fingerprint density at radius 1 is 1.14 bits per heavy atom. The molecule has 0 saturated heterocycles. The van der Waals surface area contributed by atoms with Gasteiger partial charge in [0.15, 0.2) is 5.82 Å². The first-order valence-corrected chi connectivity index (χ1v) is 9.94. The van der Waals surface area contributed by atoms with Crippen molar-refractivity contribution in [2.45, 2.75) is 34.1 Å². The summed E-state index contributed by atoms with van der Waals surface area (Å²) in [6.07, 6.45) is 0.238. The van der Waals surface area contributed by atoms with E-state index in [0.29, 0.717) is 11.6 Å². The lowest BCUT2D eigenvalue weighted by molar-refractivity contribution is -0.115. The first kappa shape index (κ1) is 18.3. The molecule has 3 heterocycles. The third-order valence-electron chi connectivity index (χ3n) is 4.78. The summed E-state index contributed by atoms with van der Waals surface area (Å²) in [5.74, 6) is 1.14. The van der Waals surface area contributed by atoms with E-state index in [4.69, 9.17) is 0 Å². The van der Waals surface area contributed by atoms with Gasteiger partial charge in [-0.2, -0.15) is 4.98 Å². The van der Waals surface area contributed by atoms with Crippen LogP contribution in [0.3, 0.4) is 0 Å². The number of benzene rings is 1. The van der Waals surface area contributed by atoms with Crippen LogP contribution >= 0.6 is 11.3 Å². The summed E-state index contributed by atoms with van der Waals surface area (Å²) < 4.78 is 1.72. The number of thiophene rings is 1. The molecule has 7 heteroatoms. The van der Waals surface area contributed by atoms with Gasteiger partial charge in [0.1, 0.15) is 0 Å². The van der Waals surface area contributed by atoms with Crippen LogP contribution in [0.25, 0.3) is 16.5 Å². The molecule has 0 atom stereocenters. The van der Waals surface area contributed by atoms with Gasteiger partial charge in [-0.3, -0.25) is 4.79 Å². The minimum absolute atomic E-state index is 0.0714. The maximum Gasteiger partial charge on any atom is 0.253 e. The van der Waals surface area contributed by atoms with Gasteiger partial charge in [0.05, 0.1) is 11.3 Å². The summed E-state index contributed by atoms with van der Waals surface area (Å²) >= 11 is 1.59. The number of carbonyl (C=O) groups excluding carboxylic acids is 1. The van der Waals surface area contributed by atoms with Crippen molar-refractivity contribution >= 4 is 28.7 Å². The Hall–Kier alpha value is -3.06. The van der Waals surface area contributed by atoms with Crippen LogP contribution in [0.15, 0.2) is 35.7 Å². The van der Waals surface area contributed by atoms with E-state index in [0.717, 1.165) is 33.1 Å². The molecule has 0 aliphatic heterocycles. The van der Waals surface area contributed by atoms with E-state index >= 15 is 0 Å². The van der Waals surface area contributed by atoms with Crippen LogP contribution in [-0.2, 0) is 11.2 Å². The highest BCUT2D eigenvalue weighted by Gasteiger charge is 2.17. The SMILES string of the molecule is Cc1ccc(NC(=O)Cc2c(C)nc3nc(-c4cccs4)nn3c2C)c(C)c1. The molecular weight excluding hydrogens is 370 g/mol. The van der Waals surface area contributed by atoms with E-state index in [1.165, 1.54) is 5.56 Å². The zero-order valence-corrected chi connectivity index (χ0v) is 17.1. The molecule has 0 radical (unpaired) electrons. The zero-order chi connectivity index (χ0) is 19.8. The number of aromatic nitrogens is 4. The normalized spacial score (nSPS) is 11.1. The molecule has 4 aromatic rings. The third kappa shape index (κ3) is 3.41. The van der Waals surface area contributed by atoms with Gasteiger partial charge in [-0.1, -0.05) is 23.8 Å². The molecule has 1 N–H and O–H groups in total. The maximum absolute atomic E-state index is 12.7. The Labute approximate surface area is 167 Å². The second-order valence-corrected chi connectivity index (χ2v) is 7.88. The highest BCUT2D eigenvalue weighted by atomic mass is 32.1. The number of nitrogens with zero attached hydrogens (tertiary/aromatic N) is 4. The predicted molar refractivity (Wildman–Crippen MR) is 112 cm³/mol. The summed E-state index contributed by atoms with van der Waals surface area (Å²) in [5.41, 5.74) is 5.61. The van der Waals surface area contributed by atoms with Crippen molar-refractivity contribution in [1.29, 1.82) is 0 Å². The first-order chi connectivity index (χ1) is 13.4. The Balaban J connectivity index is 1.63. The van der Waals surface area contributed by atoms with E-state index in [2.05, 4.69) is 26.4 Å². The molecule has 0 aliphatic carbocycles. The quantitative estimate of drug-likeness (QED) is 0.564. The molecule has 3 aromatic heterocycles. The van der Waals surface area contributed by atoms with Gasteiger partial charge in [0.25, 0.3) is 5.78 Å². The van der Waals surface area contributed by atoms with Gasteiger partial charge < -0.3 is 5.32 Å². The summed E-state index contributed by atoms with van der Waals surface area (Å²) in [5, 5.41) is 9.59. The van der Waals surface area contributed by atoms with Crippen LogP contribution in [0.4, 0.5) is 5.69 Å². The Morgan fingerprint density at radius 3 is 2.68 bits per heavy atom. The van der Waals surface area contributed by atoms with Crippen molar-refractivity contribution in [2.75, 3.05) is 5.32 Å². The molecule has 142 valence electrons. The zero-order valence-electron chi connectivity index (χ0n) is 16.3. The molecule has 6 nitrogen and oxygen atoms in total. The van der Waals surface area contributed by atoms with Crippen molar-refractivity contribution in [1.82, 2.24) is 19.6 Å². The fourth-order valence-electron chi connectivity index (χ4n) is 3.28. The van der Waals surface area contributed by atoms with E-state index in [1.807, 2.05) is 57.3 Å². The molecule has 0 bridgehead atoms. The molecule has 1 amide bonds. The minimum Gasteiger partial charge on any atom is -0.326 e. The second kappa shape index (κ2) is 7.16. The van der Waals surface area contributed by atoms with Gasteiger partial charge in [-0.15, -0.1) is 16.4 Å². The number of fused-ring (bicyclic) bond motifs is 1. The standard InChI is InChI=1S/C21H21N5OS/c1-12-7-8-17(13(2)10-12)23-19(27)11-16-14(3)22-21-24-20(18-6-5-9-28-18)25-26(21)15(16)4/h5-10H,11H2,1-4H3,(H,23,27). The summed E-state index contributed by atoms with van der Waals surface area (Å²) in [7, 11) is 0. The number of hydrogen-bond acceptors (Lipinski definition) is 5. The van der Waals surface area contributed by atoms with E-state index in [9.17, 15) is 4.79 Å². The smallest absolute Gasteiger partial charge is 0.253 e. The molecular formula is C21H21N5OS. The molecule has 28 heavy (non-hydrogen) atoms. The monoisotopic (exact) mass is 391 g/mol. The fraction of sp³-hybridized carbons (Fsp3) is 0.238. The number of nitrogens with one attached hydrogen (secondary N) is 1. The highest BCUT2D eigenvalue weighted by molar-refractivity contribution is 7.13. The topological polar surface area (TPSA) is 72.2 Å². The van der Waals surface area contributed by atoms with Crippen LogP contribution in [0.2, 0.25) is 0 Å². The van der Waals surface area contributed by atoms with E-state index in [-0.39, 0.29) is 12.3 Å².